The minimum absolute atomic E-state index is 0.286. The van der Waals surface area contributed by atoms with Gasteiger partial charge in [-0.05, 0) is 13.8 Å². The van der Waals surface area contributed by atoms with Crippen molar-refractivity contribution in [3.63, 3.8) is 0 Å². The summed E-state index contributed by atoms with van der Waals surface area (Å²) < 4.78 is 0.310. The number of rotatable bonds is 4. The Balaban J connectivity index is 3.94. The number of nitrogens with two attached hydrogens (primary N) is 1. The van der Waals surface area contributed by atoms with Gasteiger partial charge >= 0.3 is 0 Å². The zero-order chi connectivity index (χ0) is 10.5. The maximum absolute atomic E-state index is 5.44. The lowest BCUT2D eigenvalue weighted by Gasteiger charge is -2.20. The second-order valence-corrected chi connectivity index (χ2v) is 6.29. The third-order valence-electron chi connectivity index (χ3n) is 1.44. The van der Waals surface area contributed by atoms with Gasteiger partial charge in [0.15, 0.2) is 0 Å². The normalized spacial score (nSPS) is 14.0. The molecule has 13 heavy (non-hydrogen) atoms. The predicted molar refractivity (Wildman–Crippen MR) is 62.8 cm³/mol. The smallest absolute Gasteiger partial charge is 0.0483 e. The first-order valence-corrected chi connectivity index (χ1v) is 5.59. The molecule has 0 aromatic rings. The molecule has 0 aliphatic heterocycles. The van der Waals surface area contributed by atoms with Crippen LogP contribution in [0.2, 0.25) is 0 Å². The summed E-state index contributed by atoms with van der Waals surface area (Å²) in [5.41, 5.74) is 4.11. The van der Waals surface area contributed by atoms with Crippen molar-refractivity contribution in [2.24, 2.45) is 5.84 Å². The van der Waals surface area contributed by atoms with Gasteiger partial charge in [0.2, 0.25) is 0 Å². The SMILES string of the molecule is CC(C)=CC(CSC(C)(C)C)NN. The Kier molecular flexibility index (Phi) is 5.68. The van der Waals surface area contributed by atoms with Crippen molar-refractivity contribution in [2.75, 3.05) is 5.75 Å². The molecule has 0 saturated heterocycles. The average Bonchev–Trinajstić information content (AvgIpc) is 1.95. The molecule has 1 atom stereocenters. The van der Waals surface area contributed by atoms with E-state index in [0.717, 1.165) is 5.75 Å². The van der Waals surface area contributed by atoms with Crippen LogP contribution >= 0.6 is 11.8 Å². The molecule has 3 N–H and O–H groups in total. The Morgan fingerprint density at radius 3 is 2.31 bits per heavy atom. The lowest BCUT2D eigenvalue weighted by atomic mass is 10.2. The van der Waals surface area contributed by atoms with Crippen molar-refractivity contribution < 1.29 is 0 Å². The predicted octanol–water partition coefficient (Wildman–Crippen LogP) is 2.32. The third-order valence-corrected chi connectivity index (χ3v) is 2.84. The molecule has 0 amide bonds. The molecule has 0 aromatic carbocycles. The van der Waals surface area contributed by atoms with Gasteiger partial charge in [0.05, 0.1) is 0 Å². The number of thioether (sulfide) groups is 1. The summed E-state index contributed by atoms with van der Waals surface area (Å²) in [5.74, 6) is 6.46. The zero-order valence-corrected chi connectivity index (χ0v) is 10.2. The highest BCUT2D eigenvalue weighted by Gasteiger charge is 2.13. The van der Waals surface area contributed by atoms with Crippen LogP contribution in [-0.4, -0.2) is 16.5 Å². The maximum Gasteiger partial charge on any atom is 0.0483 e. The highest BCUT2D eigenvalue weighted by atomic mass is 32.2. The van der Waals surface area contributed by atoms with E-state index in [2.05, 4.69) is 46.1 Å². The van der Waals surface area contributed by atoms with Crippen molar-refractivity contribution in [3.05, 3.63) is 11.6 Å². The molecule has 1 unspecified atom stereocenters. The lowest BCUT2D eigenvalue weighted by molar-refractivity contribution is 0.668. The summed E-state index contributed by atoms with van der Waals surface area (Å²) in [5, 5.41) is 0. The van der Waals surface area contributed by atoms with Crippen LogP contribution in [0.1, 0.15) is 34.6 Å². The quantitative estimate of drug-likeness (QED) is 0.417. The molecule has 78 valence electrons. The fourth-order valence-corrected chi connectivity index (χ4v) is 1.76. The van der Waals surface area contributed by atoms with Crippen molar-refractivity contribution in [1.82, 2.24) is 5.43 Å². The van der Waals surface area contributed by atoms with Gasteiger partial charge in [-0.25, -0.2) is 0 Å². The van der Waals surface area contributed by atoms with Crippen molar-refractivity contribution in [3.8, 4) is 0 Å². The number of nitrogens with one attached hydrogen (secondary N) is 1. The van der Waals surface area contributed by atoms with Gasteiger partial charge in [-0.3, -0.25) is 11.3 Å². The van der Waals surface area contributed by atoms with E-state index in [1.807, 2.05) is 11.8 Å². The van der Waals surface area contributed by atoms with Crippen LogP contribution in [0, 0.1) is 0 Å². The molecule has 0 heterocycles. The molecule has 0 fully saturated rings. The van der Waals surface area contributed by atoms with E-state index < -0.39 is 0 Å². The van der Waals surface area contributed by atoms with Crippen LogP contribution in [0.5, 0.6) is 0 Å². The number of hydrazine groups is 1. The Morgan fingerprint density at radius 2 is 2.00 bits per heavy atom. The standard InChI is InChI=1S/C10H22N2S/c1-8(2)6-9(12-11)7-13-10(3,4)5/h6,9,12H,7,11H2,1-5H3. The summed E-state index contributed by atoms with van der Waals surface area (Å²) in [7, 11) is 0. The van der Waals surface area contributed by atoms with Crippen molar-refractivity contribution in [2.45, 2.75) is 45.4 Å². The Bertz CT molecular complexity index is 166. The van der Waals surface area contributed by atoms with E-state index in [9.17, 15) is 0 Å². The average molecular weight is 202 g/mol. The second-order valence-electron chi connectivity index (χ2n) is 4.44. The van der Waals surface area contributed by atoms with Crippen LogP contribution in [0.25, 0.3) is 0 Å². The Hall–Kier alpha value is 0.01000. The van der Waals surface area contributed by atoms with Gasteiger partial charge in [-0.15, -0.1) is 0 Å². The first-order valence-electron chi connectivity index (χ1n) is 4.60. The molecule has 0 aliphatic rings. The molecular formula is C10H22N2S. The summed E-state index contributed by atoms with van der Waals surface area (Å²) in [4.78, 5) is 0. The highest BCUT2D eigenvalue weighted by Crippen LogP contribution is 2.23. The van der Waals surface area contributed by atoms with E-state index in [1.54, 1.807) is 0 Å². The largest absolute Gasteiger partial charge is 0.271 e. The van der Waals surface area contributed by atoms with Crippen LogP contribution in [0.4, 0.5) is 0 Å². The molecule has 0 bridgehead atoms. The van der Waals surface area contributed by atoms with Gasteiger partial charge in [0.1, 0.15) is 0 Å². The number of hydrogen-bond donors (Lipinski definition) is 2. The molecule has 0 spiro atoms. The van der Waals surface area contributed by atoms with Crippen molar-refractivity contribution >= 4 is 11.8 Å². The van der Waals surface area contributed by atoms with Gasteiger partial charge in [-0.1, -0.05) is 32.4 Å². The molecule has 0 radical (unpaired) electrons. The van der Waals surface area contributed by atoms with E-state index >= 15 is 0 Å². The van der Waals surface area contributed by atoms with Crippen LogP contribution in [-0.2, 0) is 0 Å². The summed E-state index contributed by atoms with van der Waals surface area (Å²) in [6.45, 7) is 10.8. The minimum Gasteiger partial charge on any atom is -0.271 e. The first kappa shape index (κ1) is 13.0. The molecule has 0 aliphatic carbocycles. The van der Waals surface area contributed by atoms with Crippen LogP contribution in [0.15, 0.2) is 11.6 Å². The Morgan fingerprint density at radius 1 is 1.46 bits per heavy atom. The molecule has 0 saturated carbocycles. The maximum atomic E-state index is 5.44. The van der Waals surface area contributed by atoms with E-state index in [1.165, 1.54) is 5.57 Å². The Labute approximate surface area is 86.3 Å². The monoisotopic (exact) mass is 202 g/mol. The summed E-state index contributed by atoms with van der Waals surface area (Å²) in [6, 6.07) is 0.286. The lowest BCUT2D eigenvalue weighted by Crippen LogP contribution is -2.36. The van der Waals surface area contributed by atoms with E-state index in [0.29, 0.717) is 4.75 Å². The highest BCUT2D eigenvalue weighted by molar-refractivity contribution is 8.00. The van der Waals surface area contributed by atoms with E-state index in [4.69, 9.17) is 5.84 Å². The van der Waals surface area contributed by atoms with E-state index in [-0.39, 0.29) is 6.04 Å². The van der Waals surface area contributed by atoms with Gasteiger partial charge in [-0.2, -0.15) is 11.8 Å². The molecule has 2 nitrogen and oxygen atoms in total. The summed E-state index contributed by atoms with van der Waals surface area (Å²) >= 11 is 1.92. The third kappa shape index (κ3) is 8.34. The minimum atomic E-state index is 0.286. The molecule has 0 aromatic heterocycles. The zero-order valence-electron chi connectivity index (χ0n) is 9.35. The topological polar surface area (TPSA) is 38.0 Å². The van der Waals surface area contributed by atoms with Crippen molar-refractivity contribution in [1.29, 1.82) is 0 Å². The fraction of sp³-hybridized carbons (Fsp3) is 0.800. The number of hydrogen-bond acceptors (Lipinski definition) is 3. The summed E-state index contributed by atoms with van der Waals surface area (Å²) in [6.07, 6.45) is 2.17. The fourth-order valence-electron chi connectivity index (χ4n) is 0.886. The molecule has 0 rings (SSSR count). The van der Waals surface area contributed by atoms with Gasteiger partial charge in [0.25, 0.3) is 0 Å². The second kappa shape index (κ2) is 5.68. The van der Waals surface area contributed by atoms with Crippen LogP contribution < -0.4 is 11.3 Å². The molecule has 3 heteroatoms. The first-order chi connectivity index (χ1) is 5.85. The van der Waals surface area contributed by atoms with Gasteiger partial charge < -0.3 is 0 Å². The van der Waals surface area contributed by atoms with Crippen LogP contribution in [0.3, 0.4) is 0 Å². The molecular weight excluding hydrogens is 180 g/mol. The number of allylic oxidation sites excluding steroid dienone is 1. The van der Waals surface area contributed by atoms with Gasteiger partial charge in [0, 0.05) is 16.5 Å².